The average Bonchev–Trinajstić information content (AvgIpc) is 3.12. The smallest absolute Gasteiger partial charge is 0.229 e. The van der Waals surface area contributed by atoms with Crippen LogP contribution in [-0.4, -0.2) is 33.8 Å². The average molecular weight is 399 g/mol. The Morgan fingerprint density at radius 3 is 2.83 bits per heavy atom. The van der Waals surface area contributed by atoms with Crippen LogP contribution < -0.4 is 15.0 Å². The summed E-state index contributed by atoms with van der Waals surface area (Å²) in [6.07, 6.45) is 1.66. The van der Waals surface area contributed by atoms with Crippen LogP contribution in [0.15, 0.2) is 48.7 Å². The predicted octanol–water partition coefficient (Wildman–Crippen LogP) is 4.38. The molecule has 0 spiro atoms. The van der Waals surface area contributed by atoms with E-state index in [1.54, 1.807) is 19.4 Å². The summed E-state index contributed by atoms with van der Waals surface area (Å²) in [5.41, 5.74) is 4.53. The van der Waals surface area contributed by atoms with Crippen molar-refractivity contribution in [3.8, 4) is 11.8 Å². The maximum absolute atomic E-state index is 9.39. The Morgan fingerprint density at radius 2 is 2.03 bits per heavy atom. The number of aromatic amines is 1. The van der Waals surface area contributed by atoms with E-state index < -0.39 is 0 Å². The molecule has 2 aromatic carbocycles. The minimum Gasteiger partial charge on any atom is -0.495 e. The second-order valence-corrected chi connectivity index (χ2v) is 6.86. The fraction of sp³-hybridized carbons (Fsp3) is 0.182. The second-order valence-electron chi connectivity index (χ2n) is 6.86. The Kier molecular flexibility index (Phi) is 5.18. The van der Waals surface area contributed by atoms with Gasteiger partial charge in [-0.3, -0.25) is 5.10 Å². The van der Waals surface area contributed by atoms with Crippen LogP contribution in [0, 0.1) is 25.2 Å². The summed E-state index contributed by atoms with van der Waals surface area (Å²) >= 11 is 0. The highest BCUT2D eigenvalue weighted by Gasteiger charge is 2.14. The third kappa shape index (κ3) is 3.73. The van der Waals surface area contributed by atoms with Gasteiger partial charge in [0.05, 0.1) is 24.4 Å². The number of benzene rings is 2. The first-order valence-corrected chi connectivity index (χ1v) is 9.43. The van der Waals surface area contributed by atoms with Gasteiger partial charge in [0.1, 0.15) is 18.1 Å². The monoisotopic (exact) mass is 399 g/mol. The molecule has 0 saturated carbocycles. The van der Waals surface area contributed by atoms with E-state index in [-0.39, 0.29) is 6.54 Å². The molecule has 0 aliphatic heterocycles. The SMILES string of the molecule is COc1ccc(C)cc1Nc1nccc(N(CC#N)c2ccc3c(C)[nH]nc3c2)n1. The molecule has 4 aromatic rings. The van der Waals surface area contributed by atoms with Crippen LogP contribution >= 0.6 is 0 Å². The zero-order valence-electron chi connectivity index (χ0n) is 17.0. The van der Waals surface area contributed by atoms with E-state index in [1.165, 1.54) is 0 Å². The number of hydrogen-bond acceptors (Lipinski definition) is 7. The van der Waals surface area contributed by atoms with E-state index in [0.717, 1.165) is 33.5 Å². The lowest BCUT2D eigenvalue weighted by molar-refractivity contribution is 0.416. The van der Waals surface area contributed by atoms with Crippen molar-refractivity contribution in [3.63, 3.8) is 0 Å². The molecule has 0 bridgehead atoms. The van der Waals surface area contributed by atoms with Crippen LogP contribution in [0.2, 0.25) is 0 Å². The van der Waals surface area contributed by atoms with Gasteiger partial charge in [0.25, 0.3) is 0 Å². The van der Waals surface area contributed by atoms with Gasteiger partial charge < -0.3 is 15.0 Å². The molecule has 0 aliphatic rings. The fourth-order valence-electron chi connectivity index (χ4n) is 3.28. The summed E-state index contributed by atoms with van der Waals surface area (Å²) in [6, 6.07) is 15.7. The van der Waals surface area contributed by atoms with Crippen molar-refractivity contribution in [1.82, 2.24) is 20.2 Å². The number of nitrogens with zero attached hydrogens (tertiary/aromatic N) is 5. The highest BCUT2D eigenvalue weighted by molar-refractivity contribution is 5.85. The maximum atomic E-state index is 9.39. The molecule has 0 amide bonds. The first-order chi connectivity index (χ1) is 14.6. The van der Waals surface area contributed by atoms with Crippen LogP contribution in [0.1, 0.15) is 11.3 Å². The number of anilines is 4. The zero-order valence-corrected chi connectivity index (χ0v) is 17.0. The number of aromatic nitrogens is 4. The summed E-state index contributed by atoms with van der Waals surface area (Å²) in [5.74, 6) is 1.71. The van der Waals surface area contributed by atoms with Gasteiger partial charge in [-0.25, -0.2) is 4.98 Å². The number of nitriles is 1. The largest absolute Gasteiger partial charge is 0.495 e. The van der Waals surface area contributed by atoms with Crippen LogP contribution in [0.5, 0.6) is 5.75 Å². The molecule has 0 radical (unpaired) electrons. The van der Waals surface area contributed by atoms with E-state index in [1.807, 2.05) is 55.1 Å². The molecule has 0 aliphatic carbocycles. The molecule has 0 atom stereocenters. The molecule has 8 nitrogen and oxygen atoms in total. The number of methoxy groups -OCH3 is 1. The fourth-order valence-corrected chi connectivity index (χ4v) is 3.28. The van der Waals surface area contributed by atoms with E-state index in [4.69, 9.17) is 4.74 Å². The number of fused-ring (bicyclic) bond motifs is 1. The number of H-pyrrole nitrogens is 1. The standard InChI is InChI=1S/C22H21N7O/c1-14-4-7-20(30-3)19(12-14)25-22-24-10-8-21(26-22)29(11-9-23)16-5-6-17-15(2)27-28-18(17)13-16/h4-8,10,12-13H,11H2,1-3H3,(H,27,28)(H,24,25,26). The Morgan fingerprint density at radius 1 is 1.17 bits per heavy atom. The normalized spacial score (nSPS) is 10.6. The Hall–Kier alpha value is -4.12. The van der Waals surface area contributed by atoms with Crippen molar-refractivity contribution >= 4 is 34.0 Å². The number of hydrogen-bond donors (Lipinski definition) is 2. The summed E-state index contributed by atoms with van der Waals surface area (Å²) < 4.78 is 5.42. The molecule has 30 heavy (non-hydrogen) atoms. The highest BCUT2D eigenvalue weighted by atomic mass is 16.5. The molecule has 0 saturated heterocycles. The Labute approximate surface area is 174 Å². The molecule has 0 unspecified atom stereocenters. The first kappa shape index (κ1) is 19.2. The topological polar surface area (TPSA) is 103 Å². The second kappa shape index (κ2) is 8.09. The predicted molar refractivity (Wildman–Crippen MR) is 116 cm³/mol. The molecule has 2 N–H and O–H groups in total. The van der Waals surface area contributed by atoms with Gasteiger partial charge in [0.2, 0.25) is 5.95 Å². The lowest BCUT2D eigenvalue weighted by Crippen LogP contribution is -2.19. The Bertz CT molecular complexity index is 1240. The Balaban J connectivity index is 1.69. The number of rotatable bonds is 6. The maximum Gasteiger partial charge on any atom is 0.229 e. The van der Waals surface area contributed by atoms with Crippen molar-refractivity contribution in [3.05, 3.63) is 59.9 Å². The van der Waals surface area contributed by atoms with Crippen LogP contribution in [0.3, 0.4) is 0 Å². The summed E-state index contributed by atoms with van der Waals surface area (Å²) in [4.78, 5) is 10.8. The minimum atomic E-state index is 0.138. The van der Waals surface area contributed by atoms with Gasteiger partial charge in [-0.05, 0) is 55.8 Å². The van der Waals surface area contributed by atoms with E-state index >= 15 is 0 Å². The van der Waals surface area contributed by atoms with Crippen LogP contribution in [0.25, 0.3) is 10.9 Å². The molecular formula is C22H21N7O. The van der Waals surface area contributed by atoms with Crippen molar-refractivity contribution in [2.24, 2.45) is 0 Å². The van der Waals surface area contributed by atoms with Crippen molar-refractivity contribution in [2.75, 3.05) is 23.9 Å². The van der Waals surface area contributed by atoms with E-state index in [0.29, 0.717) is 17.5 Å². The quantitative estimate of drug-likeness (QED) is 0.464. The summed E-state index contributed by atoms with van der Waals surface area (Å²) in [6.45, 7) is 4.12. The highest BCUT2D eigenvalue weighted by Crippen LogP contribution is 2.30. The summed E-state index contributed by atoms with van der Waals surface area (Å²) in [7, 11) is 1.62. The number of ether oxygens (including phenoxy) is 1. The van der Waals surface area contributed by atoms with Gasteiger partial charge in [-0.1, -0.05) is 6.07 Å². The zero-order chi connectivity index (χ0) is 21.1. The molecule has 8 heteroatoms. The van der Waals surface area contributed by atoms with Gasteiger partial charge in [-0.15, -0.1) is 0 Å². The van der Waals surface area contributed by atoms with Crippen molar-refractivity contribution in [2.45, 2.75) is 13.8 Å². The number of aryl methyl sites for hydroxylation is 2. The molecule has 4 rings (SSSR count). The van der Waals surface area contributed by atoms with E-state index in [2.05, 4.69) is 31.6 Å². The van der Waals surface area contributed by atoms with Crippen LogP contribution in [-0.2, 0) is 0 Å². The molecule has 150 valence electrons. The van der Waals surface area contributed by atoms with Crippen molar-refractivity contribution in [1.29, 1.82) is 5.26 Å². The lowest BCUT2D eigenvalue weighted by Gasteiger charge is -2.21. The molecule has 2 heterocycles. The first-order valence-electron chi connectivity index (χ1n) is 9.43. The molecular weight excluding hydrogens is 378 g/mol. The molecule has 2 aromatic heterocycles. The molecule has 0 fully saturated rings. The van der Waals surface area contributed by atoms with Gasteiger partial charge in [0.15, 0.2) is 0 Å². The number of nitrogens with one attached hydrogen (secondary N) is 2. The minimum absolute atomic E-state index is 0.138. The van der Waals surface area contributed by atoms with Crippen LogP contribution in [0.4, 0.5) is 23.1 Å². The third-order valence-corrected chi connectivity index (χ3v) is 4.79. The van der Waals surface area contributed by atoms with E-state index in [9.17, 15) is 5.26 Å². The summed E-state index contributed by atoms with van der Waals surface area (Å²) in [5, 5.41) is 21.0. The third-order valence-electron chi connectivity index (χ3n) is 4.79. The van der Waals surface area contributed by atoms with Crippen molar-refractivity contribution < 1.29 is 4.74 Å². The van der Waals surface area contributed by atoms with Gasteiger partial charge >= 0.3 is 0 Å². The van der Waals surface area contributed by atoms with Gasteiger partial charge in [-0.2, -0.15) is 15.3 Å². The van der Waals surface area contributed by atoms with Gasteiger partial charge in [0, 0.05) is 23.0 Å². The lowest BCUT2D eigenvalue weighted by atomic mass is 10.2.